The number of hydrogen-bond donors (Lipinski definition) is 1. The Bertz CT molecular complexity index is 1310. The number of nitrogens with one attached hydrogen (secondary N) is 1. The molecule has 6 heteroatoms. The fraction of sp³-hybridized carbons (Fsp3) is 0.385. The van der Waals surface area contributed by atoms with Gasteiger partial charge >= 0.3 is 11.7 Å². The van der Waals surface area contributed by atoms with Crippen LogP contribution in [0.4, 0.5) is 0 Å². The van der Waals surface area contributed by atoms with Crippen LogP contribution in [-0.2, 0) is 9.53 Å². The highest BCUT2D eigenvalue weighted by atomic mass is 16.5. The van der Waals surface area contributed by atoms with Crippen LogP contribution in [0, 0.1) is 6.92 Å². The Morgan fingerprint density at radius 3 is 2.47 bits per heavy atom. The highest BCUT2D eigenvalue weighted by molar-refractivity contribution is 5.87. The molecule has 0 aliphatic rings. The van der Waals surface area contributed by atoms with Gasteiger partial charge in [-0.1, -0.05) is 37.6 Å². The van der Waals surface area contributed by atoms with E-state index in [9.17, 15) is 9.59 Å². The van der Waals surface area contributed by atoms with E-state index in [4.69, 9.17) is 4.74 Å². The minimum Gasteiger partial charge on any atom is -0.466 e. The lowest BCUT2D eigenvalue weighted by atomic mass is 10.0. The summed E-state index contributed by atoms with van der Waals surface area (Å²) in [7, 11) is 0. The number of para-hydroxylation sites is 2. The van der Waals surface area contributed by atoms with Crippen molar-refractivity contribution >= 4 is 27.9 Å². The van der Waals surface area contributed by atoms with Gasteiger partial charge in [-0.05, 0) is 51.0 Å². The van der Waals surface area contributed by atoms with Gasteiger partial charge in [0, 0.05) is 28.7 Å². The molecule has 0 fully saturated rings. The maximum absolute atomic E-state index is 13.9. The summed E-state index contributed by atoms with van der Waals surface area (Å²) in [6, 6.07) is 13.6. The van der Waals surface area contributed by atoms with Crippen molar-refractivity contribution in [1.29, 1.82) is 0 Å². The number of nitrogens with zero attached hydrogens (tertiary/aromatic N) is 2. The summed E-state index contributed by atoms with van der Waals surface area (Å²) < 4.78 is 8.86. The Hall–Kier alpha value is -3.28. The Kier molecular flexibility index (Phi) is 6.21. The second-order valence-electron chi connectivity index (χ2n) is 8.38. The number of aromatic nitrogens is 3. The van der Waals surface area contributed by atoms with Crippen molar-refractivity contribution < 1.29 is 9.53 Å². The molecule has 6 nitrogen and oxygen atoms in total. The first-order valence-corrected chi connectivity index (χ1v) is 11.4. The quantitative estimate of drug-likeness (QED) is 0.373. The number of hydrogen-bond acceptors (Lipinski definition) is 3. The van der Waals surface area contributed by atoms with E-state index < -0.39 is 0 Å². The van der Waals surface area contributed by atoms with Gasteiger partial charge in [0.1, 0.15) is 0 Å². The second kappa shape index (κ2) is 9.07. The molecule has 0 aliphatic heterocycles. The number of benzene rings is 2. The molecule has 2 atom stereocenters. The summed E-state index contributed by atoms with van der Waals surface area (Å²) in [6.45, 7) is 8.36. The third-order valence-electron chi connectivity index (χ3n) is 6.29. The molecular weight excluding hydrogens is 402 g/mol. The van der Waals surface area contributed by atoms with E-state index in [-0.39, 0.29) is 30.2 Å². The van der Waals surface area contributed by atoms with Crippen molar-refractivity contribution in [3.05, 3.63) is 70.3 Å². The maximum Gasteiger partial charge on any atom is 0.329 e. The summed E-state index contributed by atoms with van der Waals surface area (Å²) in [5, 5.41) is 1.15. The summed E-state index contributed by atoms with van der Waals surface area (Å²) in [6.07, 6.45) is 3.79. The van der Waals surface area contributed by atoms with Crippen LogP contribution >= 0.6 is 0 Å². The number of ether oxygens (including phenoxy) is 1. The van der Waals surface area contributed by atoms with Gasteiger partial charge < -0.3 is 9.72 Å². The first kappa shape index (κ1) is 21.9. The van der Waals surface area contributed by atoms with Gasteiger partial charge in [-0.25, -0.2) is 4.79 Å². The Balaban J connectivity index is 1.89. The van der Waals surface area contributed by atoms with Crippen LogP contribution in [-0.4, -0.2) is 26.7 Å². The molecule has 168 valence electrons. The lowest BCUT2D eigenvalue weighted by Crippen LogP contribution is -2.30. The first-order chi connectivity index (χ1) is 15.5. The molecule has 4 rings (SSSR count). The van der Waals surface area contributed by atoms with Gasteiger partial charge in [-0.2, -0.15) is 0 Å². The zero-order valence-corrected chi connectivity index (χ0v) is 19.2. The van der Waals surface area contributed by atoms with E-state index in [1.165, 1.54) is 5.56 Å². The molecule has 0 aliphatic carbocycles. The number of aromatic amines is 1. The van der Waals surface area contributed by atoms with Crippen LogP contribution in [0.3, 0.4) is 0 Å². The molecule has 0 saturated carbocycles. The number of imidazole rings is 1. The van der Waals surface area contributed by atoms with Crippen molar-refractivity contribution in [2.75, 3.05) is 6.61 Å². The molecule has 0 saturated heterocycles. The molecule has 0 amide bonds. The smallest absolute Gasteiger partial charge is 0.329 e. The van der Waals surface area contributed by atoms with Crippen LogP contribution in [0.2, 0.25) is 0 Å². The van der Waals surface area contributed by atoms with E-state index in [0.717, 1.165) is 40.3 Å². The molecule has 2 heterocycles. The van der Waals surface area contributed by atoms with Crippen molar-refractivity contribution in [2.45, 2.75) is 59.0 Å². The molecule has 2 aromatic carbocycles. The molecule has 0 bridgehead atoms. The fourth-order valence-electron chi connectivity index (χ4n) is 4.86. The normalized spacial score (nSPS) is 13.5. The molecule has 2 aromatic heterocycles. The summed E-state index contributed by atoms with van der Waals surface area (Å²) in [5.74, 6) is -0.269. The van der Waals surface area contributed by atoms with Crippen LogP contribution in [0.15, 0.2) is 53.5 Å². The van der Waals surface area contributed by atoms with Gasteiger partial charge in [-0.15, -0.1) is 0 Å². The molecule has 4 aromatic rings. The van der Waals surface area contributed by atoms with Crippen LogP contribution in [0.1, 0.15) is 63.2 Å². The zero-order chi connectivity index (χ0) is 22.8. The minimum absolute atomic E-state index is 0.0932. The highest BCUT2D eigenvalue weighted by Crippen LogP contribution is 2.32. The third kappa shape index (κ3) is 3.74. The SMILES string of the molecule is CCCC(CC(=O)OCC)n1c(=O)n(C(C)c2c[nH]c3cccc(C)c23)c2ccccc21. The van der Waals surface area contributed by atoms with E-state index >= 15 is 0 Å². The number of rotatable bonds is 8. The number of esters is 1. The van der Waals surface area contributed by atoms with E-state index in [0.29, 0.717) is 6.61 Å². The Morgan fingerprint density at radius 2 is 1.78 bits per heavy atom. The lowest BCUT2D eigenvalue weighted by molar-refractivity contribution is -0.144. The standard InChI is InChI=1S/C26H31N3O3/c1-5-10-19(15-24(30)32-6-2)29-23-14-8-7-13-22(23)28(26(29)31)18(4)20-16-27-21-12-9-11-17(3)25(20)21/h7-9,11-14,16,18-19,27H,5-6,10,15H2,1-4H3. The van der Waals surface area contributed by atoms with E-state index in [1.54, 1.807) is 11.5 Å². The van der Waals surface area contributed by atoms with Crippen molar-refractivity contribution in [2.24, 2.45) is 0 Å². The maximum atomic E-state index is 13.9. The number of carbonyl (C=O) groups is 1. The van der Waals surface area contributed by atoms with Crippen molar-refractivity contribution in [3.8, 4) is 0 Å². The molecule has 1 N–H and O–H groups in total. The molecular formula is C26H31N3O3. The number of aryl methyl sites for hydroxylation is 1. The number of carbonyl (C=O) groups excluding carboxylic acids is 1. The van der Waals surface area contributed by atoms with Crippen LogP contribution < -0.4 is 5.69 Å². The van der Waals surface area contributed by atoms with Gasteiger partial charge in [0.05, 0.1) is 30.1 Å². The van der Waals surface area contributed by atoms with Gasteiger partial charge in [0.15, 0.2) is 0 Å². The van der Waals surface area contributed by atoms with Gasteiger partial charge in [0.25, 0.3) is 0 Å². The molecule has 0 radical (unpaired) electrons. The second-order valence-corrected chi connectivity index (χ2v) is 8.38. The monoisotopic (exact) mass is 433 g/mol. The third-order valence-corrected chi connectivity index (χ3v) is 6.29. The highest BCUT2D eigenvalue weighted by Gasteiger charge is 2.26. The Morgan fingerprint density at radius 1 is 1.06 bits per heavy atom. The molecule has 2 unspecified atom stereocenters. The first-order valence-electron chi connectivity index (χ1n) is 11.4. The van der Waals surface area contributed by atoms with E-state index in [2.05, 4.69) is 37.9 Å². The lowest BCUT2D eigenvalue weighted by Gasteiger charge is -2.18. The fourth-order valence-corrected chi connectivity index (χ4v) is 4.86. The van der Waals surface area contributed by atoms with Crippen molar-refractivity contribution in [1.82, 2.24) is 14.1 Å². The summed E-state index contributed by atoms with van der Waals surface area (Å²) >= 11 is 0. The average Bonchev–Trinajstić information content (AvgIpc) is 3.33. The average molecular weight is 434 g/mol. The predicted octanol–water partition coefficient (Wildman–Crippen LogP) is 5.50. The zero-order valence-electron chi connectivity index (χ0n) is 19.2. The predicted molar refractivity (Wildman–Crippen MR) is 128 cm³/mol. The van der Waals surface area contributed by atoms with Gasteiger partial charge in [0.2, 0.25) is 0 Å². The molecule has 32 heavy (non-hydrogen) atoms. The topological polar surface area (TPSA) is 69.0 Å². The van der Waals surface area contributed by atoms with Gasteiger partial charge in [-0.3, -0.25) is 13.9 Å². The summed E-state index contributed by atoms with van der Waals surface area (Å²) in [5.41, 5.74) is 4.95. The Labute approximate surface area is 187 Å². The van der Waals surface area contributed by atoms with Crippen molar-refractivity contribution in [3.63, 3.8) is 0 Å². The van der Waals surface area contributed by atoms with Crippen LogP contribution in [0.25, 0.3) is 21.9 Å². The van der Waals surface area contributed by atoms with Crippen LogP contribution in [0.5, 0.6) is 0 Å². The van der Waals surface area contributed by atoms with E-state index in [1.807, 2.05) is 41.1 Å². The minimum atomic E-state index is -0.269. The number of H-pyrrole nitrogens is 1. The number of fused-ring (bicyclic) bond motifs is 2. The summed E-state index contributed by atoms with van der Waals surface area (Å²) in [4.78, 5) is 29.5. The largest absolute Gasteiger partial charge is 0.466 e. The molecule has 0 spiro atoms.